The Hall–Kier alpha value is -2.01. The Labute approximate surface area is 102 Å². The number of thiophene rings is 1. The molecule has 0 aliphatic rings. The number of nitrogens with one attached hydrogen (secondary N) is 1. The first-order valence-electron chi connectivity index (χ1n) is 5.18. The van der Waals surface area contributed by atoms with E-state index in [1.165, 1.54) is 0 Å². The number of nitrogens with two attached hydrogens (primary N) is 1. The maximum Gasteiger partial charge on any atom is 0.150 e. The zero-order valence-electron chi connectivity index (χ0n) is 9.19. The van der Waals surface area contributed by atoms with Crippen LogP contribution in [0.5, 0.6) is 5.75 Å². The molecule has 0 bridgehead atoms. The molecule has 0 radical (unpaired) electrons. The van der Waals surface area contributed by atoms with Gasteiger partial charge in [-0.1, -0.05) is 0 Å². The third kappa shape index (κ3) is 1.55. The summed E-state index contributed by atoms with van der Waals surface area (Å²) in [7, 11) is 0. The molecule has 17 heavy (non-hydrogen) atoms. The van der Waals surface area contributed by atoms with Crippen LogP contribution < -0.4 is 5.73 Å². The van der Waals surface area contributed by atoms with Crippen LogP contribution in [0.2, 0.25) is 0 Å². The summed E-state index contributed by atoms with van der Waals surface area (Å²) in [6.45, 7) is 1.98. The quantitative estimate of drug-likeness (QED) is 0.617. The highest BCUT2D eigenvalue weighted by molar-refractivity contribution is 7.14. The van der Waals surface area contributed by atoms with Crippen LogP contribution in [0.4, 0.5) is 5.69 Å². The van der Waals surface area contributed by atoms with Crippen LogP contribution in [0.1, 0.15) is 5.56 Å². The minimum Gasteiger partial charge on any atom is -0.508 e. The number of benzene rings is 1. The van der Waals surface area contributed by atoms with E-state index >= 15 is 0 Å². The molecule has 0 saturated heterocycles. The molecule has 0 aliphatic heterocycles. The Morgan fingerprint density at radius 3 is 2.94 bits per heavy atom. The van der Waals surface area contributed by atoms with E-state index in [0.717, 1.165) is 33.0 Å². The number of phenols is 1. The largest absolute Gasteiger partial charge is 0.508 e. The van der Waals surface area contributed by atoms with Gasteiger partial charge in [-0.15, -0.1) is 11.3 Å². The summed E-state index contributed by atoms with van der Waals surface area (Å²) in [6, 6.07) is 5.06. The maximum absolute atomic E-state index is 9.40. The second-order valence-electron chi connectivity index (χ2n) is 3.95. The molecule has 86 valence electrons. The predicted molar refractivity (Wildman–Crippen MR) is 70.2 cm³/mol. The number of fused-ring (bicyclic) bond motifs is 1. The topological polar surface area (TPSA) is 74.9 Å². The van der Waals surface area contributed by atoms with Crippen LogP contribution in [-0.4, -0.2) is 15.1 Å². The molecule has 5 heteroatoms. The number of aryl methyl sites for hydroxylation is 1. The number of H-pyrrole nitrogens is 1. The van der Waals surface area contributed by atoms with E-state index in [4.69, 9.17) is 5.73 Å². The Morgan fingerprint density at radius 2 is 2.24 bits per heavy atom. The number of aromatic amines is 1. The van der Waals surface area contributed by atoms with Gasteiger partial charge < -0.3 is 15.8 Å². The molecular weight excluding hydrogens is 234 g/mol. The Morgan fingerprint density at radius 1 is 1.41 bits per heavy atom. The maximum atomic E-state index is 9.40. The van der Waals surface area contributed by atoms with Gasteiger partial charge in [-0.05, 0) is 30.0 Å². The summed E-state index contributed by atoms with van der Waals surface area (Å²) < 4.78 is 0. The third-order valence-electron chi connectivity index (χ3n) is 2.70. The predicted octanol–water partition coefficient (Wildman–Crippen LogP) is 2.89. The van der Waals surface area contributed by atoms with Crippen LogP contribution in [0.25, 0.3) is 21.7 Å². The van der Waals surface area contributed by atoms with Gasteiger partial charge in [0.25, 0.3) is 0 Å². The molecule has 0 spiro atoms. The molecule has 0 amide bonds. The van der Waals surface area contributed by atoms with Gasteiger partial charge in [0, 0.05) is 6.07 Å². The molecule has 0 unspecified atom stereocenters. The normalized spacial score (nSPS) is 11.1. The monoisotopic (exact) mass is 245 g/mol. The number of phenolic OH excluding ortho intramolecular Hbond substituents is 1. The number of hydrogen-bond acceptors (Lipinski definition) is 4. The number of nitrogen functional groups attached to an aromatic ring is 1. The summed E-state index contributed by atoms with van der Waals surface area (Å²) in [5.74, 6) is 0.976. The molecule has 3 aromatic rings. The van der Waals surface area contributed by atoms with E-state index in [-0.39, 0.29) is 5.75 Å². The zero-order chi connectivity index (χ0) is 12.0. The van der Waals surface area contributed by atoms with Crippen LogP contribution in [-0.2, 0) is 0 Å². The molecule has 4 nitrogen and oxygen atoms in total. The Kier molecular flexibility index (Phi) is 2.09. The Bertz CT molecular complexity index is 699. The van der Waals surface area contributed by atoms with Gasteiger partial charge in [0.15, 0.2) is 5.82 Å². The molecule has 2 heterocycles. The van der Waals surface area contributed by atoms with Crippen LogP contribution in [0.3, 0.4) is 0 Å². The average molecular weight is 245 g/mol. The molecule has 1 aromatic carbocycles. The van der Waals surface area contributed by atoms with E-state index in [1.54, 1.807) is 29.5 Å². The van der Waals surface area contributed by atoms with Crippen LogP contribution in [0, 0.1) is 6.92 Å². The first-order valence-corrected chi connectivity index (χ1v) is 6.06. The van der Waals surface area contributed by atoms with Crippen molar-refractivity contribution in [2.75, 3.05) is 5.73 Å². The van der Waals surface area contributed by atoms with Gasteiger partial charge in [0.2, 0.25) is 0 Å². The zero-order valence-corrected chi connectivity index (χ0v) is 10.0. The number of rotatable bonds is 1. The van der Waals surface area contributed by atoms with Crippen molar-refractivity contribution in [2.45, 2.75) is 6.92 Å². The second kappa shape index (κ2) is 3.49. The molecule has 0 fully saturated rings. The second-order valence-corrected chi connectivity index (χ2v) is 4.83. The third-order valence-corrected chi connectivity index (χ3v) is 3.82. The fourth-order valence-electron chi connectivity index (χ4n) is 1.74. The van der Waals surface area contributed by atoms with E-state index in [2.05, 4.69) is 9.97 Å². The van der Waals surface area contributed by atoms with Gasteiger partial charge in [0.1, 0.15) is 5.75 Å². The number of imidazole rings is 1. The van der Waals surface area contributed by atoms with Crippen molar-refractivity contribution in [1.82, 2.24) is 9.97 Å². The minimum absolute atomic E-state index is 0.225. The summed E-state index contributed by atoms with van der Waals surface area (Å²) in [6.07, 6.45) is 0. The number of nitrogens with zero attached hydrogens (tertiary/aromatic N) is 1. The lowest BCUT2D eigenvalue weighted by atomic mass is 10.3. The molecular formula is C12H11N3OS. The fourth-order valence-corrected chi connectivity index (χ4v) is 2.66. The van der Waals surface area contributed by atoms with Crippen LogP contribution >= 0.6 is 11.3 Å². The van der Waals surface area contributed by atoms with Gasteiger partial charge >= 0.3 is 0 Å². The van der Waals surface area contributed by atoms with Gasteiger partial charge in [0.05, 0.1) is 21.6 Å². The number of aromatic nitrogens is 2. The van der Waals surface area contributed by atoms with E-state index in [9.17, 15) is 5.11 Å². The first-order chi connectivity index (χ1) is 8.15. The van der Waals surface area contributed by atoms with Crippen molar-refractivity contribution in [3.8, 4) is 16.5 Å². The SMILES string of the molecule is Cc1csc(-c2nc3ccc(O)cc3[nH]2)c1N. The van der Waals surface area contributed by atoms with Crippen molar-refractivity contribution in [3.63, 3.8) is 0 Å². The minimum atomic E-state index is 0.225. The summed E-state index contributed by atoms with van der Waals surface area (Å²) in [4.78, 5) is 8.57. The number of hydrogen-bond donors (Lipinski definition) is 3. The van der Waals surface area contributed by atoms with Gasteiger partial charge in [-0.3, -0.25) is 0 Å². The molecule has 0 atom stereocenters. The number of aromatic hydroxyl groups is 1. The van der Waals surface area contributed by atoms with E-state index in [0.29, 0.717) is 0 Å². The average Bonchev–Trinajstić information content (AvgIpc) is 2.83. The molecule has 4 N–H and O–H groups in total. The van der Waals surface area contributed by atoms with Gasteiger partial charge in [-0.2, -0.15) is 0 Å². The molecule has 3 rings (SSSR count). The summed E-state index contributed by atoms with van der Waals surface area (Å²) in [5, 5.41) is 11.4. The van der Waals surface area contributed by atoms with Crippen LogP contribution in [0.15, 0.2) is 23.6 Å². The van der Waals surface area contributed by atoms with E-state index < -0.39 is 0 Å². The van der Waals surface area contributed by atoms with Crippen molar-refractivity contribution in [2.24, 2.45) is 0 Å². The Balaban J connectivity index is 2.21. The lowest BCUT2D eigenvalue weighted by Crippen LogP contribution is -1.87. The molecule has 0 saturated carbocycles. The highest BCUT2D eigenvalue weighted by Gasteiger charge is 2.12. The highest BCUT2D eigenvalue weighted by atomic mass is 32.1. The number of anilines is 1. The lowest BCUT2D eigenvalue weighted by Gasteiger charge is -1.94. The summed E-state index contributed by atoms with van der Waals surface area (Å²) >= 11 is 1.57. The van der Waals surface area contributed by atoms with Crippen molar-refractivity contribution >= 4 is 28.1 Å². The van der Waals surface area contributed by atoms with Gasteiger partial charge in [-0.25, -0.2) is 4.98 Å². The smallest absolute Gasteiger partial charge is 0.150 e. The highest BCUT2D eigenvalue weighted by Crippen LogP contribution is 2.34. The lowest BCUT2D eigenvalue weighted by molar-refractivity contribution is 0.476. The van der Waals surface area contributed by atoms with E-state index in [1.807, 2.05) is 12.3 Å². The summed E-state index contributed by atoms with van der Waals surface area (Å²) in [5.41, 5.74) is 9.45. The first kappa shape index (κ1) is 10.2. The molecule has 2 aromatic heterocycles. The fraction of sp³-hybridized carbons (Fsp3) is 0.0833. The standard InChI is InChI=1S/C12H11N3OS/c1-6-5-17-11(10(6)13)12-14-8-3-2-7(16)4-9(8)15-12/h2-5,16H,13H2,1H3,(H,14,15). The van der Waals surface area contributed by atoms with Crippen molar-refractivity contribution < 1.29 is 5.11 Å². The van der Waals surface area contributed by atoms with Crippen molar-refractivity contribution in [3.05, 3.63) is 29.1 Å². The van der Waals surface area contributed by atoms with Crippen molar-refractivity contribution in [1.29, 1.82) is 0 Å². The molecule has 0 aliphatic carbocycles.